The van der Waals surface area contributed by atoms with Crippen LogP contribution in [0.3, 0.4) is 0 Å². The zero-order chi connectivity index (χ0) is 9.26. The van der Waals surface area contributed by atoms with Gasteiger partial charge in [0.1, 0.15) is 5.82 Å². The van der Waals surface area contributed by atoms with Crippen molar-refractivity contribution in [2.24, 2.45) is 0 Å². The largest absolute Gasteiger partial charge is 0.383 e. The van der Waals surface area contributed by atoms with Crippen molar-refractivity contribution < 1.29 is 4.52 Å². The summed E-state index contributed by atoms with van der Waals surface area (Å²) in [6, 6.07) is 3.57. The van der Waals surface area contributed by atoms with Crippen LogP contribution in [0, 0.1) is 0 Å². The molecule has 0 amide bonds. The molecule has 0 bridgehead atoms. The number of halogens is 1. The van der Waals surface area contributed by atoms with Gasteiger partial charge in [0.15, 0.2) is 5.76 Å². The van der Waals surface area contributed by atoms with Crippen LogP contribution in [0.1, 0.15) is 0 Å². The number of hydrogen-bond donors (Lipinski definition) is 1. The normalized spacial score (nSPS) is 10.2. The van der Waals surface area contributed by atoms with E-state index in [2.05, 4.69) is 26.1 Å². The molecule has 2 heterocycles. The third kappa shape index (κ3) is 1.55. The Labute approximate surface area is 82.9 Å². The van der Waals surface area contributed by atoms with E-state index in [0.717, 1.165) is 10.0 Å². The molecule has 0 aliphatic carbocycles. The molecular weight excluding hydrogens is 234 g/mol. The van der Waals surface area contributed by atoms with Gasteiger partial charge < -0.3 is 10.3 Å². The number of hydrogen-bond acceptors (Lipinski definition) is 4. The molecule has 2 rings (SSSR count). The van der Waals surface area contributed by atoms with Gasteiger partial charge in [-0.3, -0.25) is 0 Å². The fourth-order valence-electron chi connectivity index (χ4n) is 1.00. The Hall–Kier alpha value is -1.36. The molecule has 0 radical (unpaired) electrons. The van der Waals surface area contributed by atoms with E-state index in [1.165, 1.54) is 0 Å². The van der Waals surface area contributed by atoms with Crippen molar-refractivity contribution in [3.05, 3.63) is 29.0 Å². The second-order valence-corrected chi connectivity index (χ2v) is 3.38. The van der Waals surface area contributed by atoms with E-state index >= 15 is 0 Å². The van der Waals surface area contributed by atoms with E-state index in [1.807, 2.05) is 6.07 Å². The summed E-state index contributed by atoms with van der Waals surface area (Å²) in [5.41, 5.74) is 6.40. The minimum absolute atomic E-state index is 0.431. The van der Waals surface area contributed by atoms with Crippen LogP contribution in [0.5, 0.6) is 0 Å². The first-order chi connectivity index (χ1) is 6.27. The van der Waals surface area contributed by atoms with Crippen LogP contribution in [-0.2, 0) is 0 Å². The number of rotatable bonds is 1. The molecule has 2 N–H and O–H groups in total. The van der Waals surface area contributed by atoms with Gasteiger partial charge >= 0.3 is 0 Å². The van der Waals surface area contributed by atoms with E-state index in [4.69, 9.17) is 10.3 Å². The van der Waals surface area contributed by atoms with Crippen molar-refractivity contribution in [1.29, 1.82) is 0 Å². The quantitative estimate of drug-likeness (QED) is 0.828. The van der Waals surface area contributed by atoms with Crippen molar-refractivity contribution in [2.45, 2.75) is 0 Å². The first-order valence-corrected chi connectivity index (χ1v) is 4.39. The lowest BCUT2D eigenvalue weighted by molar-refractivity contribution is 0.432. The molecule has 13 heavy (non-hydrogen) atoms. The van der Waals surface area contributed by atoms with Crippen molar-refractivity contribution in [3.63, 3.8) is 0 Å². The van der Waals surface area contributed by atoms with Crippen LogP contribution >= 0.6 is 15.9 Å². The highest BCUT2D eigenvalue weighted by Crippen LogP contribution is 2.26. The maximum absolute atomic E-state index is 5.66. The van der Waals surface area contributed by atoms with E-state index < -0.39 is 0 Å². The summed E-state index contributed by atoms with van der Waals surface area (Å²) in [6.45, 7) is 0. The molecule has 0 aliphatic heterocycles. The van der Waals surface area contributed by atoms with Gasteiger partial charge in [-0.1, -0.05) is 5.16 Å². The predicted molar refractivity (Wildman–Crippen MR) is 51.8 cm³/mol. The number of aromatic nitrogens is 2. The van der Waals surface area contributed by atoms with Crippen LogP contribution in [-0.4, -0.2) is 10.1 Å². The van der Waals surface area contributed by atoms with Gasteiger partial charge in [-0.2, -0.15) is 0 Å². The molecule has 2 aromatic rings. The van der Waals surface area contributed by atoms with Gasteiger partial charge in [0.05, 0.1) is 11.8 Å². The minimum Gasteiger partial charge on any atom is -0.383 e. The van der Waals surface area contributed by atoms with E-state index in [0.29, 0.717) is 11.6 Å². The van der Waals surface area contributed by atoms with Gasteiger partial charge in [0.2, 0.25) is 0 Å². The van der Waals surface area contributed by atoms with Gasteiger partial charge in [-0.15, -0.1) is 0 Å². The van der Waals surface area contributed by atoms with Crippen LogP contribution in [0.4, 0.5) is 5.82 Å². The van der Waals surface area contributed by atoms with Crippen molar-refractivity contribution in [2.75, 3.05) is 5.73 Å². The molecule has 0 atom stereocenters. The lowest BCUT2D eigenvalue weighted by atomic mass is 10.2. The topological polar surface area (TPSA) is 64.9 Å². The Kier molecular flexibility index (Phi) is 2.02. The number of nitrogens with two attached hydrogens (primary N) is 1. The summed E-state index contributed by atoms with van der Waals surface area (Å²) < 4.78 is 5.82. The third-order valence-electron chi connectivity index (χ3n) is 1.59. The lowest BCUT2D eigenvalue weighted by Gasteiger charge is -1.99. The summed E-state index contributed by atoms with van der Waals surface area (Å²) in [7, 11) is 0. The molecule has 66 valence electrons. The lowest BCUT2D eigenvalue weighted by Crippen LogP contribution is -1.92. The van der Waals surface area contributed by atoms with E-state index in [-0.39, 0.29) is 0 Å². The highest BCUT2D eigenvalue weighted by atomic mass is 79.9. The Morgan fingerprint density at radius 1 is 1.46 bits per heavy atom. The zero-order valence-corrected chi connectivity index (χ0v) is 8.15. The number of nitrogens with zero attached hydrogens (tertiary/aromatic N) is 2. The average Bonchev–Trinajstić information content (AvgIpc) is 2.61. The summed E-state index contributed by atoms with van der Waals surface area (Å²) in [4.78, 5) is 3.98. The maximum atomic E-state index is 5.66. The summed E-state index contributed by atoms with van der Waals surface area (Å²) in [5, 5.41) is 3.60. The molecule has 0 saturated heterocycles. The maximum Gasteiger partial charge on any atom is 0.170 e. The van der Waals surface area contributed by atoms with Crippen molar-refractivity contribution in [1.82, 2.24) is 10.1 Å². The molecule has 0 spiro atoms. The van der Waals surface area contributed by atoms with Crippen LogP contribution in [0.2, 0.25) is 0 Å². The summed E-state index contributed by atoms with van der Waals surface area (Å²) >= 11 is 3.30. The Balaban J connectivity index is 2.57. The summed E-state index contributed by atoms with van der Waals surface area (Å²) in [5.74, 6) is 1.05. The Morgan fingerprint density at radius 2 is 2.31 bits per heavy atom. The SMILES string of the molecule is Nc1ncc(Br)cc1-c1ccno1. The Morgan fingerprint density at radius 3 is 3.00 bits per heavy atom. The second-order valence-electron chi connectivity index (χ2n) is 2.46. The summed E-state index contributed by atoms with van der Waals surface area (Å²) in [6.07, 6.45) is 3.20. The van der Waals surface area contributed by atoms with E-state index in [9.17, 15) is 0 Å². The second kappa shape index (κ2) is 3.18. The monoisotopic (exact) mass is 239 g/mol. The average molecular weight is 240 g/mol. The van der Waals surface area contributed by atoms with Crippen LogP contribution in [0.15, 0.2) is 33.5 Å². The fourth-order valence-corrected chi connectivity index (χ4v) is 1.33. The van der Waals surface area contributed by atoms with Gasteiger partial charge in [0, 0.05) is 16.7 Å². The number of pyridine rings is 1. The fraction of sp³-hybridized carbons (Fsp3) is 0. The zero-order valence-electron chi connectivity index (χ0n) is 6.57. The molecule has 0 fully saturated rings. The standard InChI is InChI=1S/C8H6BrN3O/c9-5-3-6(8(10)11-4-5)7-1-2-12-13-7/h1-4H,(H2,10,11). The molecule has 2 aromatic heterocycles. The number of nitrogen functional groups attached to an aromatic ring is 1. The van der Waals surface area contributed by atoms with Crippen LogP contribution < -0.4 is 5.73 Å². The van der Waals surface area contributed by atoms with E-state index in [1.54, 1.807) is 18.5 Å². The molecule has 0 aromatic carbocycles. The van der Waals surface area contributed by atoms with Crippen molar-refractivity contribution in [3.8, 4) is 11.3 Å². The predicted octanol–water partition coefficient (Wildman–Crippen LogP) is 2.08. The molecule has 0 aliphatic rings. The third-order valence-corrected chi connectivity index (χ3v) is 2.02. The molecule has 5 heteroatoms. The highest BCUT2D eigenvalue weighted by Gasteiger charge is 2.07. The first-order valence-electron chi connectivity index (χ1n) is 3.59. The van der Waals surface area contributed by atoms with Gasteiger partial charge in [-0.25, -0.2) is 4.98 Å². The van der Waals surface area contributed by atoms with Crippen LogP contribution in [0.25, 0.3) is 11.3 Å². The molecule has 0 unspecified atom stereocenters. The minimum atomic E-state index is 0.431. The molecule has 0 saturated carbocycles. The molecular formula is C8H6BrN3O. The smallest absolute Gasteiger partial charge is 0.170 e. The highest BCUT2D eigenvalue weighted by molar-refractivity contribution is 9.10. The van der Waals surface area contributed by atoms with Gasteiger partial charge in [-0.05, 0) is 22.0 Å². The first kappa shape index (κ1) is 8.25. The molecule has 4 nitrogen and oxygen atoms in total. The number of anilines is 1. The Bertz CT molecular complexity index is 413. The van der Waals surface area contributed by atoms with Crippen molar-refractivity contribution >= 4 is 21.7 Å². The van der Waals surface area contributed by atoms with Gasteiger partial charge in [0.25, 0.3) is 0 Å².